The molecule has 158 valence electrons. The quantitative estimate of drug-likeness (QED) is 0.277. The van der Waals surface area contributed by atoms with Crippen LogP contribution in [0.5, 0.6) is 11.5 Å². The molecule has 1 atom stereocenters. The van der Waals surface area contributed by atoms with E-state index in [-0.39, 0.29) is 18.9 Å². The highest BCUT2D eigenvalue weighted by atomic mass is 16.7. The molecule has 1 heterocycles. The Kier molecular flexibility index (Phi) is 6.68. The van der Waals surface area contributed by atoms with Crippen molar-refractivity contribution >= 4 is 28.9 Å². The Morgan fingerprint density at radius 2 is 1.97 bits per heavy atom. The number of amides is 1. The third kappa shape index (κ3) is 5.37. The molecule has 2 N–H and O–H groups in total. The zero-order chi connectivity index (χ0) is 21.5. The van der Waals surface area contributed by atoms with Crippen LogP contribution in [0.1, 0.15) is 19.8 Å². The molecule has 0 aliphatic carbocycles. The van der Waals surface area contributed by atoms with Gasteiger partial charge in [0, 0.05) is 30.8 Å². The van der Waals surface area contributed by atoms with E-state index in [1.165, 1.54) is 13.0 Å². The molecule has 1 amide bonds. The first-order valence-electron chi connectivity index (χ1n) is 9.31. The molecule has 10 nitrogen and oxygen atoms in total. The molecular weight excluding hydrogens is 394 g/mol. The largest absolute Gasteiger partial charge is 0.454 e. The summed E-state index contributed by atoms with van der Waals surface area (Å²) >= 11 is 0. The number of rotatable bonds is 9. The molecule has 10 heteroatoms. The van der Waals surface area contributed by atoms with Crippen LogP contribution in [-0.4, -0.2) is 36.2 Å². The van der Waals surface area contributed by atoms with Gasteiger partial charge in [0.05, 0.1) is 4.92 Å². The topological polar surface area (TPSA) is 129 Å². The van der Waals surface area contributed by atoms with Crippen LogP contribution in [-0.2, 0) is 14.3 Å². The summed E-state index contributed by atoms with van der Waals surface area (Å²) in [7, 11) is 0. The van der Waals surface area contributed by atoms with Gasteiger partial charge in [-0.3, -0.25) is 19.7 Å². The number of ether oxygens (including phenoxy) is 3. The van der Waals surface area contributed by atoms with E-state index in [9.17, 15) is 19.7 Å². The van der Waals surface area contributed by atoms with Gasteiger partial charge in [-0.2, -0.15) is 0 Å². The predicted molar refractivity (Wildman–Crippen MR) is 108 cm³/mol. The number of nitro groups is 1. The Morgan fingerprint density at radius 3 is 2.77 bits per heavy atom. The first kappa shape index (κ1) is 20.9. The van der Waals surface area contributed by atoms with Crippen LogP contribution in [0.4, 0.5) is 17.1 Å². The lowest BCUT2D eigenvalue weighted by Gasteiger charge is -2.14. The Morgan fingerprint density at radius 1 is 1.20 bits per heavy atom. The van der Waals surface area contributed by atoms with E-state index >= 15 is 0 Å². The number of carbonyl (C=O) groups is 2. The lowest BCUT2D eigenvalue weighted by atomic mass is 10.2. The highest BCUT2D eigenvalue weighted by Crippen LogP contribution is 2.34. The van der Waals surface area contributed by atoms with E-state index in [0.29, 0.717) is 35.8 Å². The predicted octanol–water partition coefficient (Wildman–Crippen LogP) is 3.09. The number of anilines is 2. The number of hydrogen-bond donors (Lipinski definition) is 2. The maximum Gasteiger partial charge on any atom is 0.306 e. The van der Waals surface area contributed by atoms with Gasteiger partial charge in [0.2, 0.25) is 6.79 Å². The van der Waals surface area contributed by atoms with Crippen molar-refractivity contribution < 1.29 is 28.7 Å². The number of benzene rings is 2. The maximum atomic E-state index is 12.2. The van der Waals surface area contributed by atoms with Gasteiger partial charge in [0.25, 0.3) is 11.6 Å². The van der Waals surface area contributed by atoms with Crippen LogP contribution in [0.15, 0.2) is 42.5 Å². The van der Waals surface area contributed by atoms with Crippen molar-refractivity contribution in [2.75, 3.05) is 24.0 Å². The minimum Gasteiger partial charge on any atom is -0.454 e. The lowest BCUT2D eigenvalue weighted by Crippen LogP contribution is -2.30. The number of carbonyl (C=O) groups excluding carboxylic acids is 2. The van der Waals surface area contributed by atoms with Crippen LogP contribution < -0.4 is 20.1 Å². The molecule has 0 aromatic heterocycles. The van der Waals surface area contributed by atoms with E-state index in [1.807, 2.05) is 0 Å². The van der Waals surface area contributed by atoms with Gasteiger partial charge in [0.15, 0.2) is 17.6 Å². The SMILES string of the molecule is C[C@H](OC(=O)CCCNc1ccccc1[N+](=O)[O-])C(=O)Nc1ccc2c(c1)OCO2. The molecule has 0 spiro atoms. The van der Waals surface area contributed by atoms with E-state index < -0.39 is 22.9 Å². The van der Waals surface area contributed by atoms with Crippen LogP contribution in [0.2, 0.25) is 0 Å². The van der Waals surface area contributed by atoms with Crippen molar-refractivity contribution in [3.8, 4) is 11.5 Å². The summed E-state index contributed by atoms with van der Waals surface area (Å²) in [5, 5.41) is 16.6. The van der Waals surface area contributed by atoms with Crippen LogP contribution in [0.3, 0.4) is 0 Å². The van der Waals surface area contributed by atoms with Gasteiger partial charge in [-0.25, -0.2) is 0 Å². The van der Waals surface area contributed by atoms with Gasteiger partial charge in [-0.1, -0.05) is 12.1 Å². The van der Waals surface area contributed by atoms with E-state index in [1.54, 1.807) is 36.4 Å². The monoisotopic (exact) mass is 415 g/mol. The van der Waals surface area contributed by atoms with Gasteiger partial charge in [0.1, 0.15) is 5.69 Å². The van der Waals surface area contributed by atoms with Gasteiger partial charge < -0.3 is 24.8 Å². The molecular formula is C20H21N3O7. The fourth-order valence-corrected chi connectivity index (χ4v) is 2.77. The third-order valence-electron chi connectivity index (χ3n) is 4.29. The van der Waals surface area contributed by atoms with Crippen molar-refractivity contribution in [1.82, 2.24) is 0 Å². The summed E-state index contributed by atoms with van der Waals surface area (Å²) in [4.78, 5) is 34.7. The molecule has 1 aliphatic heterocycles. The molecule has 0 radical (unpaired) electrons. The van der Waals surface area contributed by atoms with Gasteiger partial charge in [-0.15, -0.1) is 0 Å². The lowest BCUT2D eigenvalue weighted by molar-refractivity contribution is -0.384. The molecule has 2 aromatic carbocycles. The van der Waals surface area contributed by atoms with Crippen molar-refractivity contribution in [1.29, 1.82) is 0 Å². The summed E-state index contributed by atoms with van der Waals surface area (Å²) in [6, 6.07) is 11.2. The first-order valence-corrected chi connectivity index (χ1v) is 9.31. The minimum atomic E-state index is -0.980. The van der Waals surface area contributed by atoms with Crippen LogP contribution in [0.25, 0.3) is 0 Å². The zero-order valence-electron chi connectivity index (χ0n) is 16.3. The van der Waals surface area contributed by atoms with Gasteiger partial charge in [-0.05, 0) is 31.5 Å². The first-order chi connectivity index (χ1) is 14.4. The summed E-state index contributed by atoms with van der Waals surface area (Å²) in [5.74, 6) is 0.124. The number of fused-ring (bicyclic) bond motifs is 1. The standard InChI is InChI=1S/C20H21N3O7/c1-13(20(25)22-14-8-9-17-18(11-14)29-12-28-17)30-19(24)7-4-10-21-15-5-2-3-6-16(15)23(26)27/h2-3,5-6,8-9,11,13,21H,4,7,10,12H2,1H3,(H,22,25)/t13-/m0/s1. The maximum absolute atomic E-state index is 12.2. The van der Waals surface area contributed by atoms with Crippen molar-refractivity contribution in [2.45, 2.75) is 25.9 Å². The number of nitrogens with one attached hydrogen (secondary N) is 2. The summed E-state index contributed by atoms with van der Waals surface area (Å²) < 4.78 is 15.6. The second kappa shape index (κ2) is 9.59. The highest BCUT2D eigenvalue weighted by Gasteiger charge is 2.20. The number of para-hydroxylation sites is 2. The van der Waals surface area contributed by atoms with E-state index in [0.717, 1.165) is 0 Å². The molecule has 30 heavy (non-hydrogen) atoms. The average Bonchev–Trinajstić information content (AvgIpc) is 3.19. The van der Waals surface area contributed by atoms with Crippen molar-refractivity contribution in [3.63, 3.8) is 0 Å². The molecule has 2 aromatic rings. The summed E-state index contributed by atoms with van der Waals surface area (Å²) in [6.45, 7) is 1.96. The molecule has 0 fully saturated rings. The molecule has 0 saturated heterocycles. The minimum absolute atomic E-state index is 0.0334. The second-order valence-corrected chi connectivity index (χ2v) is 6.49. The Balaban J connectivity index is 1.40. The fraction of sp³-hybridized carbons (Fsp3) is 0.300. The van der Waals surface area contributed by atoms with Crippen molar-refractivity contribution in [3.05, 3.63) is 52.6 Å². The molecule has 0 bridgehead atoms. The summed E-state index contributed by atoms with van der Waals surface area (Å²) in [6.07, 6.45) is -0.525. The number of esters is 1. The van der Waals surface area contributed by atoms with Crippen LogP contribution >= 0.6 is 0 Å². The van der Waals surface area contributed by atoms with Crippen molar-refractivity contribution in [2.24, 2.45) is 0 Å². The zero-order valence-corrected chi connectivity index (χ0v) is 16.3. The highest BCUT2D eigenvalue weighted by molar-refractivity contribution is 5.95. The Labute approximate surface area is 172 Å². The normalized spacial score (nSPS) is 12.7. The van der Waals surface area contributed by atoms with E-state index in [4.69, 9.17) is 14.2 Å². The van der Waals surface area contributed by atoms with Gasteiger partial charge >= 0.3 is 5.97 Å². The molecule has 3 rings (SSSR count). The fourth-order valence-electron chi connectivity index (χ4n) is 2.77. The molecule has 0 unspecified atom stereocenters. The number of nitro benzene ring substituents is 1. The molecule has 0 saturated carbocycles. The number of hydrogen-bond acceptors (Lipinski definition) is 8. The smallest absolute Gasteiger partial charge is 0.306 e. The number of nitrogens with zero attached hydrogens (tertiary/aromatic N) is 1. The average molecular weight is 415 g/mol. The third-order valence-corrected chi connectivity index (χ3v) is 4.29. The second-order valence-electron chi connectivity index (χ2n) is 6.49. The van der Waals surface area contributed by atoms with Crippen LogP contribution in [0, 0.1) is 10.1 Å². The molecule has 1 aliphatic rings. The Hall–Kier alpha value is -3.82. The summed E-state index contributed by atoms with van der Waals surface area (Å²) in [5.41, 5.74) is 0.849. The van der Waals surface area contributed by atoms with E-state index in [2.05, 4.69) is 10.6 Å². The Bertz CT molecular complexity index is 948.